The smallest absolute Gasteiger partial charge is 0.132 e. The molecule has 87 valence electrons. The first kappa shape index (κ1) is 13.6. The second-order valence-electron chi connectivity index (χ2n) is 5.60. The molecule has 1 heterocycles. The van der Waals surface area contributed by atoms with Crippen molar-refractivity contribution in [3.05, 3.63) is 0 Å². The van der Waals surface area contributed by atoms with Gasteiger partial charge in [0.15, 0.2) is 0 Å². The number of likely N-dealkylation sites (N-methyl/N-ethyl adjacent to an activating group) is 1. The van der Waals surface area contributed by atoms with Gasteiger partial charge in [-0.15, -0.1) is 0 Å². The van der Waals surface area contributed by atoms with Gasteiger partial charge in [0.2, 0.25) is 0 Å². The van der Waals surface area contributed by atoms with Crippen molar-refractivity contribution in [2.45, 2.75) is 26.2 Å². The number of rotatable bonds is 3. The van der Waals surface area contributed by atoms with E-state index in [2.05, 4.69) is 57.8 Å². The third kappa shape index (κ3) is 2.80. The first-order chi connectivity index (χ1) is 6.81. The Balaban J connectivity index is 2.69. The lowest BCUT2D eigenvalue weighted by Crippen LogP contribution is -2.74. The molecule has 0 spiro atoms. The molecule has 3 radical (unpaired) electrons. The van der Waals surface area contributed by atoms with Crippen LogP contribution in [0.4, 0.5) is 0 Å². The van der Waals surface area contributed by atoms with Crippen LogP contribution in [0.2, 0.25) is 26.2 Å². The molecule has 0 unspecified atom stereocenters. The van der Waals surface area contributed by atoms with Crippen LogP contribution in [0.5, 0.6) is 0 Å². The van der Waals surface area contributed by atoms with Crippen LogP contribution in [0, 0.1) is 0 Å². The van der Waals surface area contributed by atoms with E-state index in [4.69, 9.17) is 0 Å². The Hall–Kier alpha value is 0.531. The molecular formula is C9H24N3Si3. The van der Waals surface area contributed by atoms with Crippen molar-refractivity contribution < 1.29 is 0 Å². The van der Waals surface area contributed by atoms with Crippen molar-refractivity contribution in [2.24, 2.45) is 0 Å². The van der Waals surface area contributed by atoms with E-state index in [9.17, 15) is 0 Å². The van der Waals surface area contributed by atoms with E-state index in [0.29, 0.717) is 0 Å². The second kappa shape index (κ2) is 4.80. The highest BCUT2D eigenvalue weighted by Gasteiger charge is 2.45. The Kier molecular flexibility index (Phi) is 4.35. The summed E-state index contributed by atoms with van der Waals surface area (Å²) in [5.74, 6) is 0. The van der Waals surface area contributed by atoms with E-state index in [1.165, 1.54) is 26.2 Å². The first-order valence-electron chi connectivity index (χ1n) is 5.69. The molecule has 0 aromatic carbocycles. The van der Waals surface area contributed by atoms with Gasteiger partial charge in [-0.3, -0.25) is 0 Å². The Labute approximate surface area is 99.7 Å². The van der Waals surface area contributed by atoms with Gasteiger partial charge in [-0.2, -0.15) is 0 Å². The van der Waals surface area contributed by atoms with Gasteiger partial charge in [-0.05, 0) is 7.05 Å². The van der Waals surface area contributed by atoms with Gasteiger partial charge in [-0.1, -0.05) is 26.2 Å². The molecule has 1 fully saturated rings. The molecule has 1 saturated heterocycles. The second-order valence-corrected chi connectivity index (χ2v) is 21.0. The SMILES string of the molecule is CN1CCN([Si](C)(C)[Si](C)(C)N[Si])CC1. The van der Waals surface area contributed by atoms with Gasteiger partial charge in [-0.25, -0.2) is 0 Å². The summed E-state index contributed by atoms with van der Waals surface area (Å²) in [7, 11) is 3.19. The average molecular weight is 259 g/mol. The molecule has 0 bridgehead atoms. The standard InChI is InChI=1S/C9H24N3Si3/c1-11-6-8-12(9-7-11)15(4,5)14(2,3)10-13/h10H,6-9H2,1-5H3. The third-order valence-corrected chi connectivity index (χ3v) is 23.0. The fourth-order valence-corrected chi connectivity index (χ4v) is 11.0. The molecule has 3 nitrogen and oxygen atoms in total. The maximum absolute atomic E-state index is 3.54. The van der Waals surface area contributed by atoms with Gasteiger partial charge < -0.3 is 14.1 Å². The maximum atomic E-state index is 3.54. The maximum Gasteiger partial charge on any atom is 0.132 e. The van der Waals surface area contributed by atoms with E-state index >= 15 is 0 Å². The number of nitrogens with zero attached hydrogens (tertiary/aromatic N) is 2. The zero-order valence-corrected chi connectivity index (χ0v) is 13.7. The highest BCUT2D eigenvalue weighted by molar-refractivity contribution is 7.39. The molecule has 1 aliphatic rings. The lowest BCUT2D eigenvalue weighted by molar-refractivity contribution is 0.219. The molecule has 1 rings (SSSR count). The Morgan fingerprint density at radius 3 is 1.87 bits per heavy atom. The van der Waals surface area contributed by atoms with Crippen LogP contribution < -0.4 is 4.65 Å². The predicted molar refractivity (Wildman–Crippen MR) is 72.9 cm³/mol. The van der Waals surface area contributed by atoms with Crippen LogP contribution >= 0.6 is 0 Å². The third-order valence-electron chi connectivity index (χ3n) is 4.14. The highest BCUT2D eigenvalue weighted by Crippen LogP contribution is 2.21. The number of piperazine rings is 1. The van der Waals surface area contributed by atoms with Crippen LogP contribution in [0.25, 0.3) is 0 Å². The summed E-state index contributed by atoms with van der Waals surface area (Å²) >= 11 is 0. The molecule has 0 atom stereocenters. The van der Waals surface area contributed by atoms with Crippen molar-refractivity contribution >= 4 is 25.9 Å². The summed E-state index contributed by atoms with van der Waals surface area (Å²) < 4.78 is 6.21. The van der Waals surface area contributed by atoms with Crippen molar-refractivity contribution in [1.29, 1.82) is 0 Å². The van der Waals surface area contributed by atoms with Crippen molar-refractivity contribution in [3.8, 4) is 0 Å². The van der Waals surface area contributed by atoms with Crippen LogP contribution in [0.3, 0.4) is 0 Å². The molecule has 15 heavy (non-hydrogen) atoms. The average Bonchev–Trinajstić information content (AvgIpc) is 2.18. The largest absolute Gasteiger partial charge is 0.364 e. The minimum absolute atomic E-state index is 1.22. The Morgan fingerprint density at radius 1 is 1.00 bits per heavy atom. The van der Waals surface area contributed by atoms with Crippen molar-refractivity contribution in [3.63, 3.8) is 0 Å². The lowest BCUT2D eigenvalue weighted by atomic mass is 10.4. The van der Waals surface area contributed by atoms with Crippen LogP contribution in [-0.2, 0) is 0 Å². The quantitative estimate of drug-likeness (QED) is 0.739. The first-order valence-corrected chi connectivity index (χ1v) is 13.1. The molecular weight excluding hydrogens is 234 g/mol. The van der Waals surface area contributed by atoms with Gasteiger partial charge in [0, 0.05) is 26.2 Å². The molecule has 0 saturated carbocycles. The van der Waals surface area contributed by atoms with Crippen molar-refractivity contribution in [1.82, 2.24) is 14.1 Å². The van der Waals surface area contributed by atoms with E-state index in [-0.39, 0.29) is 0 Å². The number of hydrogen-bond acceptors (Lipinski definition) is 3. The Morgan fingerprint density at radius 2 is 1.47 bits per heavy atom. The summed E-state index contributed by atoms with van der Waals surface area (Å²) in [6.07, 6.45) is 0. The van der Waals surface area contributed by atoms with Crippen LogP contribution in [0.1, 0.15) is 0 Å². The predicted octanol–water partition coefficient (Wildman–Crippen LogP) is 0.396. The topological polar surface area (TPSA) is 18.5 Å². The highest BCUT2D eigenvalue weighted by atomic mass is 29.3. The summed E-state index contributed by atoms with van der Waals surface area (Å²) in [5, 5.41) is 0. The molecule has 0 aliphatic carbocycles. The van der Waals surface area contributed by atoms with E-state index < -0.39 is 15.5 Å². The van der Waals surface area contributed by atoms with Gasteiger partial charge in [0.1, 0.15) is 25.9 Å². The summed E-state index contributed by atoms with van der Waals surface area (Å²) in [5.41, 5.74) is 0. The van der Waals surface area contributed by atoms with Crippen LogP contribution in [-0.4, -0.2) is 68.6 Å². The molecule has 0 aromatic rings. The fourth-order valence-electron chi connectivity index (χ4n) is 1.91. The molecule has 0 aromatic heterocycles. The zero-order valence-electron chi connectivity index (χ0n) is 10.7. The van der Waals surface area contributed by atoms with Gasteiger partial charge in [0.25, 0.3) is 0 Å². The zero-order chi connectivity index (χ0) is 11.7. The van der Waals surface area contributed by atoms with E-state index in [1.54, 1.807) is 0 Å². The minimum atomic E-state index is -1.30. The number of nitrogens with one attached hydrogen (secondary N) is 1. The molecule has 1 N–H and O–H groups in total. The molecule has 0 amide bonds. The van der Waals surface area contributed by atoms with Crippen molar-refractivity contribution in [2.75, 3.05) is 33.2 Å². The van der Waals surface area contributed by atoms with Crippen LogP contribution in [0.15, 0.2) is 0 Å². The van der Waals surface area contributed by atoms with E-state index in [1.807, 2.05) is 0 Å². The summed E-state index contributed by atoms with van der Waals surface area (Å²) in [6, 6.07) is 0. The van der Waals surface area contributed by atoms with Gasteiger partial charge >= 0.3 is 0 Å². The Bertz CT molecular complexity index is 213. The molecule has 1 aliphatic heterocycles. The monoisotopic (exact) mass is 258 g/mol. The summed E-state index contributed by atoms with van der Waals surface area (Å²) in [4.78, 5) is 2.43. The fraction of sp³-hybridized carbons (Fsp3) is 1.00. The van der Waals surface area contributed by atoms with E-state index in [0.717, 1.165) is 0 Å². The molecule has 6 heteroatoms. The number of hydrogen-bond donors (Lipinski definition) is 1. The summed E-state index contributed by atoms with van der Waals surface area (Å²) in [6.45, 7) is 14.8. The lowest BCUT2D eigenvalue weighted by Gasteiger charge is -2.49. The normalized spacial score (nSPS) is 22.0. The van der Waals surface area contributed by atoms with Gasteiger partial charge in [0.05, 0.1) is 0 Å². The minimum Gasteiger partial charge on any atom is -0.364 e.